The number of carbonyl (C=O) groups is 1. The Hall–Kier alpha value is -3.65. The molecule has 0 radical (unpaired) electrons. The minimum absolute atomic E-state index is 0.218. The van der Waals surface area contributed by atoms with E-state index in [1.54, 1.807) is 25.5 Å². The summed E-state index contributed by atoms with van der Waals surface area (Å²) in [5.74, 6) is 0.877. The third-order valence-corrected chi connectivity index (χ3v) is 6.91. The molecule has 36 heavy (non-hydrogen) atoms. The van der Waals surface area contributed by atoms with Crippen LogP contribution in [0.5, 0.6) is 11.5 Å². The number of hydrogen-bond donors (Lipinski definition) is 0. The SMILES string of the molecule is CCCOc1ccccc1[C@@H]1C(C(=O)OCC)=C(C)N=c2sc(=Cc3ccc(C)c(OC)c3)c(=O)n21. The van der Waals surface area contributed by atoms with Crippen molar-refractivity contribution < 1.29 is 19.0 Å². The molecule has 1 aromatic heterocycles. The van der Waals surface area contributed by atoms with Gasteiger partial charge in [-0.3, -0.25) is 9.36 Å². The Morgan fingerprint density at radius 2 is 1.92 bits per heavy atom. The van der Waals surface area contributed by atoms with Gasteiger partial charge in [0.2, 0.25) is 0 Å². The van der Waals surface area contributed by atoms with E-state index in [1.165, 1.54) is 11.3 Å². The highest BCUT2D eigenvalue weighted by Gasteiger charge is 2.35. The fraction of sp³-hybridized carbons (Fsp3) is 0.321. The maximum atomic E-state index is 13.8. The summed E-state index contributed by atoms with van der Waals surface area (Å²) in [5, 5.41) is 0. The first kappa shape index (κ1) is 25.4. The minimum Gasteiger partial charge on any atom is -0.496 e. The zero-order valence-electron chi connectivity index (χ0n) is 21.2. The van der Waals surface area contributed by atoms with Crippen LogP contribution in [0.2, 0.25) is 0 Å². The van der Waals surface area contributed by atoms with Gasteiger partial charge in [0.15, 0.2) is 4.80 Å². The third kappa shape index (κ3) is 4.86. The minimum atomic E-state index is -0.719. The molecule has 0 fully saturated rings. The summed E-state index contributed by atoms with van der Waals surface area (Å²) in [7, 11) is 1.62. The van der Waals surface area contributed by atoms with Crippen LogP contribution in [0.3, 0.4) is 0 Å². The number of hydrogen-bond acceptors (Lipinski definition) is 7. The predicted octanol–water partition coefficient (Wildman–Crippen LogP) is 3.90. The Morgan fingerprint density at radius 1 is 1.14 bits per heavy atom. The predicted molar refractivity (Wildman–Crippen MR) is 140 cm³/mol. The van der Waals surface area contributed by atoms with E-state index in [1.807, 2.05) is 62.4 Å². The number of nitrogens with zero attached hydrogens (tertiary/aromatic N) is 2. The molecule has 0 N–H and O–H groups in total. The lowest BCUT2D eigenvalue weighted by Crippen LogP contribution is -2.40. The van der Waals surface area contributed by atoms with Crippen LogP contribution in [0.25, 0.3) is 6.08 Å². The number of carbonyl (C=O) groups excluding carboxylic acids is 1. The van der Waals surface area contributed by atoms with E-state index in [-0.39, 0.29) is 12.2 Å². The average Bonchev–Trinajstić information content (AvgIpc) is 3.17. The highest BCUT2D eigenvalue weighted by molar-refractivity contribution is 7.07. The highest BCUT2D eigenvalue weighted by Crippen LogP contribution is 2.36. The number of methoxy groups -OCH3 is 1. The van der Waals surface area contributed by atoms with E-state index in [0.29, 0.717) is 38.5 Å². The Balaban J connectivity index is 1.95. The van der Waals surface area contributed by atoms with Crippen LogP contribution in [0.15, 0.2) is 63.5 Å². The lowest BCUT2D eigenvalue weighted by atomic mass is 9.95. The molecule has 188 valence electrons. The highest BCUT2D eigenvalue weighted by atomic mass is 32.1. The lowest BCUT2D eigenvalue weighted by molar-refractivity contribution is -0.139. The van der Waals surface area contributed by atoms with Crippen molar-refractivity contribution in [3.63, 3.8) is 0 Å². The first-order chi connectivity index (χ1) is 17.4. The molecule has 0 unspecified atom stereocenters. The van der Waals surface area contributed by atoms with Gasteiger partial charge in [-0.05, 0) is 56.5 Å². The molecule has 0 saturated carbocycles. The van der Waals surface area contributed by atoms with Crippen LogP contribution < -0.4 is 24.4 Å². The van der Waals surface area contributed by atoms with Gasteiger partial charge in [0.1, 0.15) is 17.5 Å². The van der Waals surface area contributed by atoms with Gasteiger partial charge in [-0.2, -0.15) is 0 Å². The Bertz CT molecular complexity index is 1500. The maximum absolute atomic E-state index is 13.8. The molecule has 4 rings (SSSR count). The van der Waals surface area contributed by atoms with Crippen molar-refractivity contribution in [2.24, 2.45) is 4.99 Å². The van der Waals surface area contributed by atoms with Crippen molar-refractivity contribution in [2.45, 2.75) is 40.2 Å². The molecule has 2 heterocycles. The van der Waals surface area contributed by atoms with Crippen LogP contribution in [0.1, 0.15) is 49.9 Å². The monoisotopic (exact) mass is 506 g/mol. The van der Waals surface area contributed by atoms with Gasteiger partial charge < -0.3 is 14.2 Å². The number of allylic oxidation sites excluding steroid dienone is 1. The van der Waals surface area contributed by atoms with E-state index in [0.717, 1.165) is 23.3 Å². The largest absolute Gasteiger partial charge is 0.496 e. The molecule has 0 spiro atoms. The smallest absolute Gasteiger partial charge is 0.338 e. The van der Waals surface area contributed by atoms with Gasteiger partial charge >= 0.3 is 5.97 Å². The van der Waals surface area contributed by atoms with Crippen molar-refractivity contribution in [1.82, 2.24) is 4.57 Å². The van der Waals surface area contributed by atoms with Crippen molar-refractivity contribution in [3.05, 3.63) is 90.1 Å². The second-order valence-corrected chi connectivity index (χ2v) is 9.43. The second kappa shape index (κ2) is 11.0. The molecule has 2 aromatic carbocycles. The van der Waals surface area contributed by atoms with Crippen LogP contribution in [0, 0.1) is 6.92 Å². The fourth-order valence-corrected chi connectivity index (χ4v) is 5.26. The number of ether oxygens (including phenoxy) is 3. The Morgan fingerprint density at radius 3 is 2.64 bits per heavy atom. The summed E-state index contributed by atoms with van der Waals surface area (Å²) in [6, 6.07) is 12.6. The van der Waals surface area contributed by atoms with Gasteiger partial charge in [0, 0.05) is 5.56 Å². The van der Waals surface area contributed by atoms with Crippen molar-refractivity contribution in [3.8, 4) is 11.5 Å². The van der Waals surface area contributed by atoms with Crippen molar-refractivity contribution in [2.75, 3.05) is 20.3 Å². The summed E-state index contributed by atoms with van der Waals surface area (Å²) < 4.78 is 18.9. The quantitative estimate of drug-likeness (QED) is 0.433. The summed E-state index contributed by atoms with van der Waals surface area (Å²) in [4.78, 5) is 32.1. The fourth-order valence-electron chi connectivity index (χ4n) is 4.21. The molecule has 0 saturated heterocycles. The molecule has 0 aliphatic carbocycles. The van der Waals surface area contributed by atoms with Crippen LogP contribution in [0.4, 0.5) is 0 Å². The zero-order chi connectivity index (χ0) is 25.8. The summed E-state index contributed by atoms with van der Waals surface area (Å²) in [6.45, 7) is 8.26. The summed E-state index contributed by atoms with van der Waals surface area (Å²) in [5.41, 5.74) is 3.19. The van der Waals surface area contributed by atoms with E-state index >= 15 is 0 Å². The number of esters is 1. The lowest BCUT2D eigenvalue weighted by Gasteiger charge is -2.26. The molecule has 3 aromatic rings. The topological polar surface area (TPSA) is 79.1 Å². The van der Waals surface area contributed by atoms with Gasteiger partial charge in [0.25, 0.3) is 5.56 Å². The number of aromatic nitrogens is 1. The van der Waals surface area contributed by atoms with Gasteiger partial charge in [0.05, 0.1) is 36.1 Å². The number of thiazole rings is 1. The maximum Gasteiger partial charge on any atom is 0.338 e. The first-order valence-corrected chi connectivity index (χ1v) is 12.8. The molecule has 7 nitrogen and oxygen atoms in total. The molecule has 1 aliphatic heterocycles. The molecule has 1 aliphatic rings. The third-order valence-electron chi connectivity index (χ3n) is 5.92. The normalized spacial score (nSPS) is 15.4. The summed E-state index contributed by atoms with van der Waals surface area (Å²) in [6.07, 6.45) is 2.66. The van der Waals surface area contributed by atoms with E-state index < -0.39 is 12.0 Å². The van der Waals surface area contributed by atoms with Crippen LogP contribution >= 0.6 is 11.3 Å². The number of benzene rings is 2. The van der Waals surface area contributed by atoms with Gasteiger partial charge in [-0.1, -0.05) is 48.6 Å². The first-order valence-electron chi connectivity index (χ1n) is 12.0. The van der Waals surface area contributed by atoms with Gasteiger partial charge in [-0.25, -0.2) is 9.79 Å². The number of aryl methyl sites for hydroxylation is 1. The van der Waals surface area contributed by atoms with E-state index in [9.17, 15) is 9.59 Å². The van der Waals surface area contributed by atoms with E-state index in [4.69, 9.17) is 14.2 Å². The molecular weight excluding hydrogens is 476 g/mol. The average molecular weight is 507 g/mol. The summed E-state index contributed by atoms with van der Waals surface area (Å²) >= 11 is 1.29. The van der Waals surface area contributed by atoms with E-state index in [2.05, 4.69) is 4.99 Å². The Labute approximate surface area is 214 Å². The molecule has 1 atom stereocenters. The van der Waals surface area contributed by atoms with Gasteiger partial charge in [-0.15, -0.1) is 0 Å². The zero-order valence-corrected chi connectivity index (χ0v) is 22.0. The molecule has 8 heteroatoms. The van der Waals surface area contributed by atoms with Crippen molar-refractivity contribution in [1.29, 1.82) is 0 Å². The molecule has 0 amide bonds. The molecular formula is C28H30N2O5S. The Kier molecular flexibility index (Phi) is 7.74. The molecule has 0 bridgehead atoms. The number of para-hydroxylation sites is 1. The van der Waals surface area contributed by atoms with Crippen LogP contribution in [-0.2, 0) is 9.53 Å². The standard InChI is InChI=1S/C28H30N2O5S/c1-6-14-35-21-11-9-8-10-20(21)25-24(27(32)34-7-2)18(4)29-28-30(25)26(31)23(36-28)16-19-13-12-17(3)22(15-19)33-5/h8-13,15-16,25H,6-7,14H2,1-5H3/t25-/m1/s1. The van der Waals surface area contributed by atoms with Crippen LogP contribution in [-0.4, -0.2) is 30.9 Å². The second-order valence-electron chi connectivity index (χ2n) is 8.42. The van der Waals surface area contributed by atoms with Crippen molar-refractivity contribution >= 4 is 23.4 Å². The number of rotatable bonds is 8. The number of fused-ring (bicyclic) bond motifs is 1.